The van der Waals surface area contributed by atoms with E-state index in [0.29, 0.717) is 23.3 Å². The molecule has 1 saturated heterocycles. The number of pyridine rings is 1. The second-order valence-corrected chi connectivity index (χ2v) is 8.52. The van der Waals surface area contributed by atoms with E-state index in [4.69, 9.17) is 4.98 Å². The topological polar surface area (TPSA) is 103 Å². The first-order chi connectivity index (χ1) is 15.6. The number of nitriles is 1. The molecule has 5 rings (SSSR count). The van der Waals surface area contributed by atoms with Crippen LogP contribution in [0.3, 0.4) is 0 Å². The fraction of sp³-hybridized carbons (Fsp3) is 0.435. The molecular formula is C23H26N8O. The van der Waals surface area contributed by atoms with E-state index in [1.54, 1.807) is 6.07 Å². The van der Waals surface area contributed by atoms with Gasteiger partial charge in [-0.2, -0.15) is 5.26 Å². The number of nitrogens with zero attached hydrogens (tertiary/aromatic N) is 7. The Kier molecular flexibility index (Phi) is 5.23. The number of Topliss-reactive ketones (excluding diaryl/α,β-unsaturated/α-hetero) is 1. The molecule has 32 heavy (non-hydrogen) atoms. The minimum atomic E-state index is -0.0805. The molecule has 3 aromatic rings. The average Bonchev–Trinajstić information content (AvgIpc) is 3.16. The highest BCUT2D eigenvalue weighted by Crippen LogP contribution is 2.36. The van der Waals surface area contributed by atoms with Crippen molar-refractivity contribution in [2.45, 2.75) is 31.8 Å². The molecule has 2 aliphatic rings. The summed E-state index contributed by atoms with van der Waals surface area (Å²) in [7, 11) is 1.99. The summed E-state index contributed by atoms with van der Waals surface area (Å²) in [6.45, 7) is 4.71. The lowest BCUT2D eigenvalue weighted by Gasteiger charge is -2.37. The molecule has 1 aliphatic carbocycles. The van der Waals surface area contributed by atoms with Crippen LogP contribution in [-0.2, 0) is 0 Å². The molecule has 164 valence electrons. The van der Waals surface area contributed by atoms with Crippen molar-refractivity contribution < 1.29 is 4.79 Å². The number of hydrogen-bond donors (Lipinski definition) is 1. The molecule has 9 nitrogen and oxygen atoms in total. The Morgan fingerprint density at radius 1 is 1.06 bits per heavy atom. The molecule has 1 aliphatic heterocycles. The normalized spacial score (nSPS) is 20.8. The maximum Gasteiger partial charge on any atom is 0.180 e. The summed E-state index contributed by atoms with van der Waals surface area (Å²) >= 11 is 0. The zero-order chi connectivity index (χ0) is 22.2. The van der Waals surface area contributed by atoms with Crippen molar-refractivity contribution in [2.24, 2.45) is 0 Å². The Labute approximate surface area is 186 Å². The first-order valence-corrected chi connectivity index (χ1v) is 11.0. The van der Waals surface area contributed by atoms with Crippen LogP contribution in [0.2, 0.25) is 0 Å². The van der Waals surface area contributed by atoms with Crippen molar-refractivity contribution in [3.63, 3.8) is 0 Å². The lowest BCUT2D eigenvalue weighted by molar-refractivity contribution is 0.101. The zero-order valence-electron chi connectivity index (χ0n) is 18.3. The van der Waals surface area contributed by atoms with Crippen LogP contribution in [0.5, 0.6) is 0 Å². The van der Waals surface area contributed by atoms with Crippen LogP contribution in [0.4, 0.5) is 11.6 Å². The Morgan fingerprint density at radius 2 is 1.75 bits per heavy atom. The molecular weight excluding hydrogens is 404 g/mol. The maximum atomic E-state index is 11.4. The van der Waals surface area contributed by atoms with Crippen LogP contribution < -0.4 is 15.1 Å². The third kappa shape index (κ3) is 3.56. The first kappa shape index (κ1) is 20.4. The number of rotatable bonds is 5. The monoisotopic (exact) mass is 430 g/mol. The van der Waals surface area contributed by atoms with Crippen LogP contribution in [0.15, 0.2) is 30.5 Å². The zero-order valence-corrected chi connectivity index (χ0v) is 18.3. The van der Waals surface area contributed by atoms with Gasteiger partial charge in [0.15, 0.2) is 11.6 Å². The number of fused-ring (bicyclic) bond motifs is 1. The van der Waals surface area contributed by atoms with E-state index in [0.717, 1.165) is 61.7 Å². The van der Waals surface area contributed by atoms with Crippen LogP contribution in [0, 0.1) is 11.3 Å². The highest BCUT2D eigenvalue weighted by Gasteiger charge is 2.31. The summed E-state index contributed by atoms with van der Waals surface area (Å²) in [5.74, 6) is 1.64. The summed E-state index contributed by atoms with van der Waals surface area (Å²) in [6, 6.07) is 10.9. The Morgan fingerprint density at radius 3 is 2.34 bits per heavy atom. The van der Waals surface area contributed by atoms with Crippen LogP contribution in [0.1, 0.15) is 41.9 Å². The number of aromatic nitrogens is 4. The quantitative estimate of drug-likeness (QED) is 0.614. The number of carbonyl (C=O) groups is 1. The van der Waals surface area contributed by atoms with Crippen molar-refractivity contribution in [1.82, 2.24) is 25.1 Å². The van der Waals surface area contributed by atoms with Gasteiger partial charge < -0.3 is 19.7 Å². The average molecular weight is 431 g/mol. The summed E-state index contributed by atoms with van der Waals surface area (Å²) < 4.78 is 2.19. The van der Waals surface area contributed by atoms with Gasteiger partial charge in [-0.3, -0.25) is 4.79 Å². The summed E-state index contributed by atoms with van der Waals surface area (Å²) in [4.78, 5) is 20.8. The Hall–Kier alpha value is -3.51. The predicted octanol–water partition coefficient (Wildman–Crippen LogP) is 2.15. The summed E-state index contributed by atoms with van der Waals surface area (Å²) in [5, 5.41) is 22.1. The third-order valence-corrected chi connectivity index (χ3v) is 6.64. The van der Waals surface area contributed by atoms with Gasteiger partial charge in [-0.15, -0.1) is 10.2 Å². The van der Waals surface area contributed by atoms with E-state index in [1.807, 2.05) is 31.4 Å². The molecule has 0 unspecified atom stereocenters. The molecule has 0 aromatic carbocycles. The van der Waals surface area contributed by atoms with E-state index in [1.165, 1.54) is 6.92 Å². The summed E-state index contributed by atoms with van der Waals surface area (Å²) in [5.41, 5.74) is 1.97. The van der Waals surface area contributed by atoms with Crippen molar-refractivity contribution >= 4 is 28.5 Å². The lowest BCUT2D eigenvalue weighted by atomic mass is 9.87. The van der Waals surface area contributed by atoms with Crippen LogP contribution in [-0.4, -0.2) is 64.8 Å². The van der Waals surface area contributed by atoms with E-state index >= 15 is 0 Å². The molecule has 1 N–H and O–H groups in total. The van der Waals surface area contributed by atoms with Crippen LogP contribution >= 0.6 is 0 Å². The largest absolute Gasteiger partial charge is 0.353 e. The predicted molar refractivity (Wildman–Crippen MR) is 122 cm³/mol. The molecule has 1 saturated carbocycles. The Bertz CT molecular complexity index is 1180. The maximum absolute atomic E-state index is 11.4. The molecule has 0 radical (unpaired) electrons. The van der Waals surface area contributed by atoms with E-state index < -0.39 is 0 Å². The number of piperazine rings is 1. The molecule has 0 amide bonds. The Balaban J connectivity index is 1.33. The van der Waals surface area contributed by atoms with E-state index in [-0.39, 0.29) is 5.78 Å². The summed E-state index contributed by atoms with van der Waals surface area (Å²) in [6.07, 6.45) is 4.07. The molecule has 0 spiro atoms. The van der Waals surface area contributed by atoms with Crippen molar-refractivity contribution in [2.75, 3.05) is 43.0 Å². The SMILES string of the molecule is CNC1CC(n2cc(C#N)c3ccc(N4CCN(c5ccc(C(C)=O)nn5)CC4)nc32)C1. The molecule has 9 heteroatoms. The van der Waals surface area contributed by atoms with Crippen molar-refractivity contribution in [3.05, 3.63) is 41.7 Å². The van der Waals surface area contributed by atoms with Gasteiger partial charge in [0.1, 0.15) is 23.2 Å². The third-order valence-electron chi connectivity index (χ3n) is 6.64. The molecule has 3 aromatic heterocycles. The number of hydrogen-bond acceptors (Lipinski definition) is 8. The standard InChI is InChI=1S/C23H26N8O/c1-15(32)20-4-6-22(28-27-20)30-9-7-29(8-10-30)21-5-3-19-16(13-24)14-31(23(19)26-21)18-11-17(12-18)25-2/h3-6,14,17-18,25H,7-12H2,1-2H3. The lowest BCUT2D eigenvalue weighted by Crippen LogP contribution is -2.47. The molecule has 0 bridgehead atoms. The second kappa shape index (κ2) is 8.20. The number of anilines is 2. The van der Waals surface area contributed by atoms with Gasteiger partial charge in [0.2, 0.25) is 0 Å². The molecule has 2 fully saturated rings. The van der Waals surface area contributed by atoms with E-state index in [2.05, 4.69) is 36.0 Å². The number of carbonyl (C=O) groups excluding carboxylic acids is 1. The van der Waals surface area contributed by atoms with Gasteiger partial charge in [-0.1, -0.05) is 0 Å². The first-order valence-electron chi connectivity index (χ1n) is 11.0. The van der Waals surface area contributed by atoms with Gasteiger partial charge in [0, 0.05) is 56.8 Å². The number of nitrogens with one attached hydrogen (secondary N) is 1. The minimum Gasteiger partial charge on any atom is -0.353 e. The minimum absolute atomic E-state index is 0.0805. The van der Waals surface area contributed by atoms with E-state index in [9.17, 15) is 10.1 Å². The fourth-order valence-electron chi connectivity index (χ4n) is 4.56. The van der Waals surface area contributed by atoms with Gasteiger partial charge >= 0.3 is 0 Å². The second-order valence-electron chi connectivity index (χ2n) is 8.52. The van der Waals surface area contributed by atoms with Crippen LogP contribution in [0.25, 0.3) is 11.0 Å². The van der Waals surface area contributed by atoms with Crippen molar-refractivity contribution in [3.8, 4) is 6.07 Å². The fourth-order valence-corrected chi connectivity index (χ4v) is 4.56. The van der Waals surface area contributed by atoms with Crippen molar-refractivity contribution in [1.29, 1.82) is 5.26 Å². The van der Waals surface area contributed by atoms with Gasteiger partial charge in [0.25, 0.3) is 0 Å². The van der Waals surface area contributed by atoms with Gasteiger partial charge in [-0.05, 0) is 44.2 Å². The molecule has 0 atom stereocenters. The molecule has 4 heterocycles. The van der Waals surface area contributed by atoms with Gasteiger partial charge in [-0.25, -0.2) is 4.98 Å². The van der Waals surface area contributed by atoms with Gasteiger partial charge in [0.05, 0.1) is 5.56 Å². The highest BCUT2D eigenvalue weighted by molar-refractivity contribution is 5.92. The number of ketones is 1. The highest BCUT2D eigenvalue weighted by atomic mass is 16.1. The smallest absolute Gasteiger partial charge is 0.180 e.